The number of nitro groups is 1. The van der Waals surface area contributed by atoms with Crippen LogP contribution in [0.25, 0.3) is 0 Å². The number of benzene rings is 1. The minimum Gasteiger partial charge on any atom is -0.465 e. The van der Waals surface area contributed by atoms with Crippen LogP contribution < -0.4 is 0 Å². The summed E-state index contributed by atoms with van der Waals surface area (Å²) >= 11 is 0. The van der Waals surface area contributed by atoms with Gasteiger partial charge in [0.1, 0.15) is 10.6 Å². The van der Waals surface area contributed by atoms with E-state index < -0.39 is 58.3 Å². The lowest BCUT2D eigenvalue weighted by atomic mass is 10.3. The van der Waals surface area contributed by atoms with Crippen molar-refractivity contribution in [3.63, 3.8) is 0 Å². The van der Waals surface area contributed by atoms with Crippen LogP contribution in [-0.4, -0.2) is 41.4 Å². The van der Waals surface area contributed by atoms with Gasteiger partial charge in [-0.2, -0.15) is 13.2 Å². The maximum atomic E-state index is 12.5. The Balaban J connectivity index is 3.35. The van der Waals surface area contributed by atoms with Gasteiger partial charge in [-0.05, 0) is 19.1 Å². The Morgan fingerprint density at radius 3 is 2.42 bits per heavy atom. The second-order valence-electron chi connectivity index (χ2n) is 4.13. The van der Waals surface area contributed by atoms with Crippen molar-refractivity contribution in [3.05, 3.63) is 28.3 Å². The van der Waals surface area contributed by atoms with E-state index in [1.54, 1.807) is 0 Å². The number of sulfone groups is 1. The lowest BCUT2D eigenvalue weighted by molar-refractivity contribution is -0.388. The predicted molar refractivity (Wildman–Crippen MR) is 74.2 cm³/mol. The minimum absolute atomic E-state index is 0.0269. The number of rotatable bonds is 6. The number of hydrogen-bond acceptors (Lipinski definition) is 7. The molecule has 24 heavy (non-hydrogen) atoms. The van der Waals surface area contributed by atoms with Crippen LogP contribution >= 0.6 is 0 Å². The fourth-order valence-corrected chi connectivity index (χ4v) is 3.34. The summed E-state index contributed by atoms with van der Waals surface area (Å²) < 4.78 is 76.5. The lowest BCUT2D eigenvalue weighted by Gasteiger charge is -2.09. The number of alkyl halides is 3. The van der Waals surface area contributed by atoms with E-state index in [9.17, 15) is 40.7 Å². The first-order valence-electron chi connectivity index (χ1n) is 6.05. The molecule has 1 unspecified atom stereocenters. The summed E-state index contributed by atoms with van der Waals surface area (Å²) in [5.41, 5.74) is -6.75. The standard InChI is InChI=1S/C11H10F3NO7S2/c1-2-22-10(16)6-23(19)9-4-3-7(5-8(9)15(17)18)24(20,21)11(12,13)14/h3-5H,2,6H2,1H3. The second kappa shape index (κ2) is 7.25. The smallest absolute Gasteiger partial charge is 0.465 e. The topological polar surface area (TPSA) is 121 Å². The average Bonchev–Trinajstić information content (AvgIpc) is 2.45. The molecule has 0 aliphatic heterocycles. The number of carbonyl (C=O) groups excluding carboxylic acids is 1. The molecule has 0 N–H and O–H groups in total. The molecule has 1 rings (SSSR count). The van der Waals surface area contributed by atoms with Crippen molar-refractivity contribution in [2.75, 3.05) is 12.4 Å². The Bertz CT molecular complexity index is 789. The molecule has 0 saturated carbocycles. The number of esters is 1. The highest BCUT2D eigenvalue weighted by molar-refractivity contribution is 7.92. The molecule has 1 aromatic rings. The summed E-state index contributed by atoms with van der Waals surface area (Å²) in [6.07, 6.45) is 0. The number of halogens is 3. The lowest BCUT2D eigenvalue weighted by Crippen LogP contribution is -2.23. The van der Waals surface area contributed by atoms with Crippen LogP contribution in [0.3, 0.4) is 0 Å². The molecule has 0 fully saturated rings. The largest absolute Gasteiger partial charge is 0.501 e. The molecule has 1 atom stereocenters. The molecule has 0 aromatic heterocycles. The van der Waals surface area contributed by atoms with Gasteiger partial charge in [0, 0.05) is 6.07 Å². The van der Waals surface area contributed by atoms with Crippen LogP contribution in [0.1, 0.15) is 6.92 Å². The second-order valence-corrected chi connectivity index (χ2v) is 7.49. The fourth-order valence-electron chi connectivity index (χ4n) is 1.52. The number of hydrogen-bond donors (Lipinski definition) is 0. The summed E-state index contributed by atoms with van der Waals surface area (Å²) in [4.78, 5) is 19.0. The Morgan fingerprint density at radius 1 is 1.38 bits per heavy atom. The monoisotopic (exact) mass is 389 g/mol. The van der Waals surface area contributed by atoms with Crippen LogP contribution in [0, 0.1) is 10.1 Å². The van der Waals surface area contributed by atoms with Crippen LogP contribution in [0.2, 0.25) is 0 Å². The van der Waals surface area contributed by atoms with Gasteiger partial charge in [0.15, 0.2) is 0 Å². The Kier molecular flexibility index (Phi) is 6.05. The van der Waals surface area contributed by atoms with Crippen molar-refractivity contribution in [1.29, 1.82) is 0 Å². The average molecular weight is 389 g/mol. The van der Waals surface area contributed by atoms with Gasteiger partial charge in [-0.1, -0.05) is 0 Å². The first-order valence-corrected chi connectivity index (χ1v) is 8.85. The molecule has 0 aliphatic carbocycles. The van der Waals surface area contributed by atoms with E-state index in [1.807, 2.05) is 0 Å². The van der Waals surface area contributed by atoms with Gasteiger partial charge >= 0.3 is 11.5 Å². The number of ether oxygens (including phenoxy) is 1. The first-order chi connectivity index (χ1) is 10.9. The van der Waals surface area contributed by atoms with Gasteiger partial charge < -0.3 is 4.74 Å². The highest BCUT2D eigenvalue weighted by Crippen LogP contribution is 2.33. The highest BCUT2D eigenvalue weighted by Gasteiger charge is 2.47. The van der Waals surface area contributed by atoms with E-state index in [0.29, 0.717) is 12.1 Å². The summed E-state index contributed by atoms with van der Waals surface area (Å²) in [7, 11) is -8.10. The van der Waals surface area contributed by atoms with E-state index in [0.717, 1.165) is 0 Å². The van der Waals surface area contributed by atoms with Crippen molar-refractivity contribution in [2.45, 2.75) is 22.2 Å². The van der Waals surface area contributed by atoms with Crippen molar-refractivity contribution in [1.82, 2.24) is 0 Å². The third kappa shape index (κ3) is 4.29. The quantitative estimate of drug-likeness (QED) is 0.411. The summed E-state index contributed by atoms with van der Waals surface area (Å²) in [6, 6.07) is 1.20. The van der Waals surface area contributed by atoms with Crippen molar-refractivity contribution < 1.29 is 40.3 Å². The molecule has 0 aliphatic rings. The van der Waals surface area contributed by atoms with Crippen molar-refractivity contribution >= 4 is 32.3 Å². The van der Waals surface area contributed by atoms with E-state index in [-0.39, 0.29) is 12.7 Å². The molecule has 0 amide bonds. The van der Waals surface area contributed by atoms with Crippen LogP contribution in [0.5, 0.6) is 0 Å². The molecule has 134 valence electrons. The van der Waals surface area contributed by atoms with E-state index in [2.05, 4.69) is 4.74 Å². The van der Waals surface area contributed by atoms with Gasteiger partial charge in [-0.25, -0.2) is 8.42 Å². The fraction of sp³-hybridized carbons (Fsp3) is 0.364. The maximum Gasteiger partial charge on any atom is 0.501 e. The number of carbonyl (C=O) groups is 1. The van der Waals surface area contributed by atoms with Crippen LogP contribution in [0.4, 0.5) is 18.9 Å². The molecule has 0 saturated heterocycles. The Labute approximate surface area is 136 Å². The van der Waals surface area contributed by atoms with E-state index in [4.69, 9.17) is 0 Å². The van der Waals surface area contributed by atoms with Gasteiger partial charge in [0.2, 0.25) is 0 Å². The zero-order valence-electron chi connectivity index (χ0n) is 11.9. The molecule has 13 heteroatoms. The molecule has 1 aromatic carbocycles. The summed E-state index contributed by atoms with van der Waals surface area (Å²) in [5.74, 6) is -1.70. The molecule has 0 spiro atoms. The van der Waals surface area contributed by atoms with E-state index >= 15 is 0 Å². The summed E-state index contributed by atoms with van der Waals surface area (Å²) in [5, 5.41) is 10.9. The van der Waals surface area contributed by atoms with Gasteiger partial charge in [0.25, 0.3) is 15.5 Å². The predicted octanol–water partition coefficient (Wildman–Crippen LogP) is 1.56. The number of nitro benzene ring substituents is 1. The third-order valence-electron chi connectivity index (χ3n) is 2.54. The zero-order chi connectivity index (χ0) is 18.7. The Morgan fingerprint density at radius 2 is 1.96 bits per heavy atom. The third-order valence-corrected chi connectivity index (χ3v) is 5.36. The number of nitrogens with zero attached hydrogens (tertiary/aromatic N) is 1. The molecule has 8 nitrogen and oxygen atoms in total. The SMILES string of the molecule is CCOC(=O)CS(=O)c1ccc(S(=O)(=O)C(F)(F)F)cc1[N+](=O)[O-]. The van der Waals surface area contributed by atoms with Crippen LogP contribution in [-0.2, 0) is 30.2 Å². The first kappa shape index (κ1) is 20.0. The maximum absolute atomic E-state index is 12.5. The Hall–Kier alpha value is -2.02. The van der Waals surface area contributed by atoms with Crippen molar-refractivity contribution in [3.8, 4) is 0 Å². The molecular weight excluding hydrogens is 379 g/mol. The molecule has 0 heterocycles. The normalized spacial score (nSPS) is 13.3. The van der Waals surface area contributed by atoms with Gasteiger partial charge in [-0.15, -0.1) is 0 Å². The van der Waals surface area contributed by atoms with Gasteiger partial charge in [0.05, 0.1) is 27.2 Å². The minimum atomic E-state index is -5.80. The van der Waals surface area contributed by atoms with E-state index in [1.165, 1.54) is 6.92 Å². The summed E-state index contributed by atoms with van der Waals surface area (Å²) in [6.45, 7) is 1.45. The van der Waals surface area contributed by atoms with Crippen molar-refractivity contribution in [2.24, 2.45) is 0 Å². The molecular formula is C11H10F3NO7S2. The highest BCUT2D eigenvalue weighted by atomic mass is 32.2. The zero-order valence-corrected chi connectivity index (χ0v) is 13.5. The van der Waals surface area contributed by atoms with Crippen LogP contribution in [0.15, 0.2) is 28.0 Å². The van der Waals surface area contributed by atoms with Gasteiger partial charge in [-0.3, -0.25) is 19.1 Å². The molecule has 0 bridgehead atoms. The molecule has 0 radical (unpaired) electrons.